The number of phenolic OH excluding ortho intramolecular Hbond substituents is 1. The third-order valence-corrected chi connectivity index (χ3v) is 7.25. The van der Waals surface area contributed by atoms with Crippen LogP contribution in [0.3, 0.4) is 0 Å². The Morgan fingerprint density at radius 3 is 2.37 bits per heavy atom. The smallest absolute Gasteiger partial charge is 0.305 e. The number of ketones is 1. The summed E-state index contributed by atoms with van der Waals surface area (Å²) in [4.78, 5) is 25.4. The summed E-state index contributed by atoms with van der Waals surface area (Å²) in [5.41, 5.74) is 2.15. The second kappa shape index (κ2) is 14.2. The van der Waals surface area contributed by atoms with Gasteiger partial charge in [0.1, 0.15) is 11.5 Å². The van der Waals surface area contributed by atoms with Crippen molar-refractivity contribution in [1.29, 1.82) is 0 Å². The number of methoxy groups -OCH3 is 1. The van der Waals surface area contributed by atoms with Gasteiger partial charge < -0.3 is 14.6 Å². The van der Waals surface area contributed by atoms with Gasteiger partial charge in [0.05, 0.1) is 19.3 Å². The second-order valence-electron chi connectivity index (χ2n) is 8.71. The number of rotatable bonds is 14. The molecule has 0 bridgehead atoms. The van der Waals surface area contributed by atoms with Crippen molar-refractivity contribution in [3.63, 3.8) is 0 Å². The van der Waals surface area contributed by atoms with E-state index in [1.807, 2.05) is 20.8 Å². The fraction of sp³-hybridized carbons (Fsp3) is 0.464. The van der Waals surface area contributed by atoms with Crippen molar-refractivity contribution in [2.75, 3.05) is 19.5 Å². The fourth-order valence-electron chi connectivity index (χ4n) is 4.16. The lowest BCUT2D eigenvalue weighted by Gasteiger charge is -2.23. The van der Waals surface area contributed by atoms with Crippen LogP contribution in [0.1, 0.15) is 74.4 Å². The predicted octanol–water partition coefficient (Wildman–Crippen LogP) is 6.78. The van der Waals surface area contributed by atoms with E-state index < -0.39 is 0 Å². The van der Waals surface area contributed by atoms with Crippen LogP contribution in [0.4, 0.5) is 0 Å². The first-order valence-corrected chi connectivity index (χ1v) is 13.4. The van der Waals surface area contributed by atoms with E-state index in [1.54, 1.807) is 23.9 Å². The van der Waals surface area contributed by atoms with Crippen LogP contribution in [0.15, 0.2) is 41.3 Å². The van der Waals surface area contributed by atoms with Gasteiger partial charge in [-0.2, -0.15) is 0 Å². The monoisotopic (exact) mass is 516 g/mol. The van der Waals surface area contributed by atoms with Crippen molar-refractivity contribution in [3.8, 4) is 11.5 Å². The Morgan fingerprint density at radius 2 is 1.80 bits per heavy atom. The average Bonchev–Trinajstić information content (AvgIpc) is 2.81. The summed E-state index contributed by atoms with van der Waals surface area (Å²) in [5, 5.41) is 10.5. The van der Waals surface area contributed by atoms with Crippen LogP contribution >= 0.6 is 24.0 Å². The number of esters is 1. The molecule has 0 amide bonds. The van der Waals surface area contributed by atoms with Crippen LogP contribution in [0.25, 0.3) is 0 Å². The lowest BCUT2D eigenvalue weighted by Crippen LogP contribution is -2.20. The van der Waals surface area contributed by atoms with Crippen LogP contribution in [0.5, 0.6) is 11.5 Å². The third-order valence-electron chi connectivity index (χ3n) is 5.90. The molecule has 7 heteroatoms. The second-order valence-corrected chi connectivity index (χ2v) is 10.5. The molecular formula is C28H36O5S2. The molecule has 2 aromatic rings. The molecule has 2 unspecified atom stereocenters. The van der Waals surface area contributed by atoms with Crippen LogP contribution < -0.4 is 4.74 Å². The number of carbonyl (C=O) groups is 2. The molecule has 190 valence electrons. The molecule has 35 heavy (non-hydrogen) atoms. The predicted molar refractivity (Wildman–Crippen MR) is 146 cm³/mol. The number of carbonyl (C=O) groups excluding carboxylic acids is 2. The Bertz CT molecular complexity index is 1020. The maximum atomic E-state index is 11.7. The summed E-state index contributed by atoms with van der Waals surface area (Å²) in [6.07, 6.45) is 2.68. The van der Waals surface area contributed by atoms with Crippen LogP contribution in [0, 0.1) is 5.92 Å². The molecule has 0 saturated carbocycles. The first kappa shape index (κ1) is 28.9. The molecule has 0 spiro atoms. The van der Waals surface area contributed by atoms with Gasteiger partial charge >= 0.3 is 5.97 Å². The van der Waals surface area contributed by atoms with Crippen LogP contribution in [-0.2, 0) is 16.0 Å². The van der Waals surface area contributed by atoms with Crippen molar-refractivity contribution < 1.29 is 24.2 Å². The van der Waals surface area contributed by atoms with Crippen molar-refractivity contribution in [1.82, 2.24) is 0 Å². The van der Waals surface area contributed by atoms with Crippen LogP contribution in [-0.4, -0.2) is 41.2 Å². The molecule has 0 fully saturated rings. The Kier molecular flexibility index (Phi) is 11.7. The lowest BCUT2D eigenvalue weighted by atomic mass is 9.83. The summed E-state index contributed by atoms with van der Waals surface area (Å²) < 4.78 is 10.8. The number of hydrogen-bond donors (Lipinski definition) is 1. The minimum Gasteiger partial charge on any atom is -0.507 e. The SMILES string of the molecule is CCCc1c(OCCCSc2ccc(C(C(C)=S)C(C)CC(=O)OC)cc2)ccc(C(C)=O)c1O. The highest BCUT2D eigenvalue weighted by molar-refractivity contribution is 7.99. The number of thiocarbonyl (C=S) groups is 1. The molecule has 2 atom stereocenters. The number of aromatic hydroxyl groups is 1. The molecule has 5 nitrogen and oxygen atoms in total. The number of thioether (sulfide) groups is 1. The van der Waals surface area contributed by atoms with E-state index in [9.17, 15) is 14.7 Å². The van der Waals surface area contributed by atoms with Gasteiger partial charge in [-0.25, -0.2) is 0 Å². The summed E-state index contributed by atoms with van der Waals surface area (Å²) in [6.45, 7) is 7.96. The Labute approximate surface area is 218 Å². The van der Waals surface area contributed by atoms with Gasteiger partial charge in [0.2, 0.25) is 0 Å². The van der Waals surface area contributed by atoms with E-state index >= 15 is 0 Å². The minimum atomic E-state index is -0.222. The first-order chi connectivity index (χ1) is 16.7. The zero-order valence-corrected chi connectivity index (χ0v) is 22.9. The van der Waals surface area contributed by atoms with Gasteiger partial charge in [0, 0.05) is 28.6 Å². The normalized spacial score (nSPS) is 12.6. The van der Waals surface area contributed by atoms with Gasteiger partial charge in [0.25, 0.3) is 0 Å². The molecule has 1 N–H and O–H groups in total. The zero-order chi connectivity index (χ0) is 26.0. The number of phenols is 1. The van der Waals surface area contributed by atoms with E-state index in [0.717, 1.165) is 33.9 Å². The molecule has 0 radical (unpaired) electrons. The lowest BCUT2D eigenvalue weighted by molar-refractivity contribution is -0.141. The van der Waals surface area contributed by atoms with Gasteiger partial charge in [0.15, 0.2) is 5.78 Å². The largest absolute Gasteiger partial charge is 0.507 e. The van der Waals surface area contributed by atoms with E-state index in [-0.39, 0.29) is 29.3 Å². The quantitative estimate of drug-likeness (QED) is 0.0975. The zero-order valence-electron chi connectivity index (χ0n) is 21.3. The van der Waals surface area contributed by atoms with E-state index in [2.05, 4.69) is 24.3 Å². The highest BCUT2D eigenvalue weighted by Gasteiger charge is 2.24. The van der Waals surface area contributed by atoms with E-state index in [0.29, 0.717) is 36.3 Å². The summed E-state index contributed by atoms with van der Waals surface area (Å²) in [6, 6.07) is 11.8. The average molecular weight is 517 g/mol. The van der Waals surface area contributed by atoms with Crippen molar-refractivity contribution in [3.05, 3.63) is 53.1 Å². The third kappa shape index (κ3) is 8.36. The van der Waals surface area contributed by atoms with Gasteiger partial charge in [-0.15, -0.1) is 11.8 Å². The Morgan fingerprint density at radius 1 is 1.11 bits per heavy atom. The van der Waals surface area contributed by atoms with Crippen molar-refractivity contribution in [2.24, 2.45) is 5.92 Å². The van der Waals surface area contributed by atoms with Crippen molar-refractivity contribution >= 4 is 40.6 Å². The Hall–Kier alpha value is -2.38. The fourth-order valence-corrected chi connectivity index (χ4v) is 5.35. The van der Waals surface area contributed by atoms with Gasteiger partial charge in [-0.1, -0.05) is 44.6 Å². The summed E-state index contributed by atoms with van der Waals surface area (Å²) in [5.74, 6) is 1.29. The summed E-state index contributed by atoms with van der Waals surface area (Å²) >= 11 is 7.24. The van der Waals surface area contributed by atoms with Gasteiger partial charge in [-0.3, -0.25) is 9.59 Å². The van der Waals surface area contributed by atoms with E-state index in [4.69, 9.17) is 21.7 Å². The molecule has 0 saturated heterocycles. The van der Waals surface area contributed by atoms with Crippen LogP contribution in [0.2, 0.25) is 0 Å². The molecule has 0 aliphatic carbocycles. The minimum absolute atomic E-state index is 0.0275. The maximum absolute atomic E-state index is 11.7. The topological polar surface area (TPSA) is 72.8 Å². The molecule has 2 rings (SSSR count). The number of Topliss-reactive ketones (excluding diaryl/α,β-unsaturated/α-hetero) is 1. The molecule has 0 aliphatic rings. The highest BCUT2D eigenvalue weighted by atomic mass is 32.2. The van der Waals surface area contributed by atoms with E-state index in [1.165, 1.54) is 14.0 Å². The number of benzene rings is 2. The molecule has 0 aliphatic heterocycles. The number of ether oxygens (including phenoxy) is 2. The molecule has 0 aromatic heterocycles. The molecule has 2 aromatic carbocycles. The molecule has 0 heterocycles. The summed E-state index contributed by atoms with van der Waals surface area (Å²) in [7, 11) is 1.41. The van der Waals surface area contributed by atoms with Gasteiger partial charge in [-0.05, 0) is 67.3 Å². The van der Waals surface area contributed by atoms with Crippen molar-refractivity contribution in [2.45, 2.75) is 64.2 Å². The first-order valence-electron chi connectivity index (χ1n) is 12.0. The maximum Gasteiger partial charge on any atom is 0.305 e. The standard InChI is InChI=1S/C28H36O5S2/c1-6-8-24-25(14-13-23(19(3)29)28(24)31)33-15-7-16-35-22-11-9-21(10-12-22)27(20(4)34)18(2)17-26(30)32-5/h9-14,18,27,31H,6-8,15-17H2,1-5H3. The molecular weight excluding hydrogens is 480 g/mol. The highest BCUT2D eigenvalue weighted by Crippen LogP contribution is 2.34. The Balaban J connectivity index is 1.91. The number of hydrogen-bond acceptors (Lipinski definition) is 7.